The molecule has 1 aliphatic rings. The number of terminal acetylenes is 1. The zero-order valence-corrected chi connectivity index (χ0v) is 7.08. The maximum absolute atomic E-state index is 11.2. The SMILES string of the molecule is C#CC(=O)C1Cc2ccccc2N1. The molecule has 1 N–H and O–H groups in total. The molecule has 0 fully saturated rings. The van der Waals surface area contributed by atoms with Crippen LogP contribution in [0.3, 0.4) is 0 Å². The van der Waals surface area contributed by atoms with Crippen LogP contribution in [0.25, 0.3) is 0 Å². The van der Waals surface area contributed by atoms with Gasteiger partial charge in [0.1, 0.15) is 6.04 Å². The molecule has 1 aromatic rings. The third-order valence-electron chi connectivity index (χ3n) is 2.23. The molecule has 0 amide bonds. The van der Waals surface area contributed by atoms with Crippen LogP contribution in [0.2, 0.25) is 0 Å². The van der Waals surface area contributed by atoms with E-state index in [9.17, 15) is 4.79 Å². The number of para-hydroxylation sites is 1. The highest BCUT2D eigenvalue weighted by Gasteiger charge is 2.24. The summed E-state index contributed by atoms with van der Waals surface area (Å²) in [7, 11) is 0. The van der Waals surface area contributed by atoms with Gasteiger partial charge in [-0.1, -0.05) is 18.2 Å². The van der Waals surface area contributed by atoms with Crippen LogP contribution in [0.4, 0.5) is 5.69 Å². The van der Waals surface area contributed by atoms with Crippen molar-refractivity contribution in [2.75, 3.05) is 5.32 Å². The van der Waals surface area contributed by atoms with Crippen molar-refractivity contribution in [3.8, 4) is 12.3 Å². The highest BCUT2D eigenvalue weighted by Crippen LogP contribution is 2.25. The zero-order chi connectivity index (χ0) is 9.26. The molecule has 13 heavy (non-hydrogen) atoms. The Balaban J connectivity index is 2.24. The topological polar surface area (TPSA) is 29.1 Å². The summed E-state index contributed by atoms with van der Waals surface area (Å²) < 4.78 is 0. The lowest BCUT2D eigenvalue weighted by atomic mass is 10.1. The maximum Gasteiger partial charge on any atom is 0.227 e. The number of rotatable bonds is 1. The molecule has 1 aromatic carbocycles. The predicted octanol–water partition coefficient (Wildman–Crippen LogP) is 1.23. The van der Waals surface area contributed by atoms with E-state index in [0.717, 1.165) is 11.3 Å². The number of carbonyl (C=O) groups is 1. The molecule has 2 heteroatoms. The van der Waals surface area contributed by atoms with Crippen molar-refractivity contribution in [1.82, 2.24) is 0 Å². The van der Waals surface area contributed by atoms with Gasteiger partial charge < -0.3 is 5.32 Å². The van der Waals surface area contributed by atoms with E-state index in [4.69, 9.17) is 6.42 Å². The Morgan fingerprint density at radius 2 is 2.31 bits per heavy atom. The standard InChI is InChI=1S/C11H9NO/c1-2-11(13)10-7-8-5-3-4-6-9(8)12-10/h1,3-6,10,12H,7H2. The summed E-state index contributed by atoms with van der Waals surface area (Å²) in [4.78, 5) is 11.2. The summed E-state index contributed by atoms with van der Waals surface area (Å²) in [5, 5.41) is 3.09. The molecule has 0 spiro atoms. The molecule has 0 aliphatic carbocycles. The smallest absolute Gasteiger partial charge is 0.227 e. The van der Waals surface area contributed by atoms with Crippen molar-refractivity contribution in [3.63, 3.8) is 0 Å². The molecule has 0 bridgehead atoms. The van der Waals surface area contributed by atoms with E-state index in [2.05, 4.69) is 11.2 Å². The van der Waals surface area contributed by atoms with Crippen molar-refractivity contribution in [2.45, 2.75) is 12.5 Å². The van der Waals surface area contributed by atoms with Gasteiger partial charge in [0.15, 0.2) is 0 Å². The summed E-state index contributed by atoms with van der Waals surface area (Å²) >= 11 is 0. The van der Waals surface area contributed by atoms with Gasteiger partial charge >= 0.3 is 0 Å². The highest BCUT2D eigenvalue weighted by molar-refractivity contribution is 6.02. The van der Waals surface area contributed by atoms with Crippen molar-refractivity contribution in [2.24, 2.45) is 0 Å². The van der Waals surface area contributed by atoms with Crippen LogP contribution in [-0.4, -0.2) is 11.8 Å². The van der Waals surface area contributed by atoms with Gasteiger partial charge in [0.05, 0.1) is 0 Å². The predicted molar refractivity (Wildman–Crippen MR) is 51.4 cm³/mol. The highest BCUT2D eigenvalue weighted by atomic mass is 16.1. The van der Waals surface area contributed by atoms with Crippen LogP contribution in [0.5, 0.6) is 0 Å². The third kappa shape index (κ3) is 1.29. The van der Waals surface area contributed by atoms with E-state index in [1.165, 1.54) is 0 Å². The lowest BCUT2D eigenvalue weighted by molar-refractivity contribution is -0.114. The second-order valence-corrected chi connectivity index (χ2v) is 3.07. The molecular weight excluding hydrogens is 162 g/mol. The van der Waals surface area contributed by atoms with Crippen molar-refractivity contribution < 1.29 is 4.79 Å². The first-order valence-corrected chi connectivity index (χ1v) is 4.16. The minimum absolute atomic E-state index is 0.170. The Morgan fingerprint density at radius 1 is 1.54 bits per heavy atom. The number of anilines is 1. The van der Waals surface area contributed by atoms with Gasteiger partial charge in [-0.15, -0.1) is 6.42 Å². The Labute approximate surface area is 77.0 Å². The van der Waals surface area contributed by atoms with Crippen LogP contribution >= 0.6 is 0 Å². The number of ketones is 1. The molecule has 0 aromatic heterocycles. The third-order valence-corrected chi connectivity index (χ3v) is 2.23. The van der Waals surface area contributed by atoms with Crippen LogP contribution in [0, 0.1) is 12.3 Å². The monoisotopic (exact) mass is 171 g/mol. The fraction of sp³-hybridized carbons (Fsp3) is 0.182. The van der Waals surface area contributed by atoms with Gasteiger partial charge in [0.25, 0.3) is 0 Å². The van der Waals surface area contributed by atoms with E-state index >= 15 is 0 Å². The number of nitrogens with one attached hydrogen (secondary N) is 1. The van der Waals surface area contributed by atoms with Gasteiger partial charge in [0.2, 0.25) is 5.78 Å². The average Bonchev–Trinajstić information content (AvgIpc) is 2.59. The molecule has 0 radical (unpaired) electrons. The van der Waals surface area contributed by atoms with E-state index in [1.54, 1.807) is 0 Å². The normalized spacial score (nSPS) is 18.5. The molecule has 1 aliphatic heterocycles. The van der Waals surface area contributed by atoms with E-state index in [1.807, 2.05) is 24.3 Å². The quantitative estimate of drug-likeness (QED) is 0.508. The summed E-state index contributed by atoms with van der Waals surface area (Å²) in [6.45, 7) is 0. The second-order valence-electron chi connectivity index (χ2n) is 3.07. The van der Waals surface area contributed by atoms with Crippen LogP contribution in [-0.2, 0) is 11.2 Å². The van der Waals surface area contributed by atoms with Crippen LogP contribution < -0.4 is 5.32 Å². The molecule has 1 atom stereocenters. The number of benzene rings is 1. The summed E-state index contributed by atoms with van der Waals surface area (Å²) in [6.07, 6.45) is 5.75. The molecule has 0 saturated carbocycles. The number of carbonyl (C=O) groups excluding carboxylic acids is 1. The first kappa shape index (κ1) is 7.88. The number of fused-ring (bicyclic) bond motifs is 1. The molecule has 64 valence electrons. The van der Waals surface area contributed by atoms with Crippen LogP contribution in [0.15, 0.2) is 24.3 Å². The fourth-order valence-electron chi connectivity index (χ4n) is 1.56. The van der Waals surface area contributed by atoms with E-state index in [-0.39, 0.29) is 11.8 Å². The molecule has 2 rings (SSSR count). The zero-order valence-electron chi connectivity index (χ0n) is 7.08. The summed E-state index contributed by atoms with van der Waals surface area (Å²) in [6, 6.07) is 7.64. The van der Waals surface area contributed by atoms with Crippen molar-refractivity contribution >= 4 is 11.5 Å². The number of hydrogen-bond donors (Lipinski definition) is 1. The first-order valence-electron chi connectivity index (χ1n) is 4.16. The van der Waals surface area contributed by atoms with Gasteiger partial charge in [-0.25, -0.2) is 0 Å². The minimum Gasteiger partial charge on any atom is -0.374 e. The van der Waals surface area contributed by atoms with Crippen molar-refractivity contribution in [3.05, 3.63) is 29.8 Å². The largest absolute Gasteiger partial charge is 0.374 e. The van der Waals surface area contributed by atoms with E-state index in [0.29, 0.717) is 6.42 Å². The Kier molecular flexibility index (Phi) is 1.79. The van der Waals surface area contributed by atoms with Gasteiger partial charge in [-0.3, -0.25) is 4.79 Å². The molecule has 0 saturated heterocycles. The van der Waals surface area contributed by atoms with Gasteiger partial charge in [0, 0.05) is 12.1 Å². The Hall–Kier alpha value is -1.75. The maximum atomic E-state index is 11.2. The molecular formula is C11H9NO. The summed E-state index contributed by atoms with van der Waals surface area (Å²) in [5.74, 6) is 1.97. The number of Topliss-reactive ketones (excluding diaryl/α,β-unsaturated/α-hetero) is 1. The summed E-state index contributed by atoms with van der Waals surface area (Å²) in [5.41, 5.74) is 2.19. The average molecular weight is 171 g/mol. The van der Waals surface area contributed by atoms with Crippen molar-refractivity contribution in [1.29, 1.82) is 0 Å². The second kappa shape index (κ2) is 2.95. The van der Waals surface area contributed by atoms with E-state index < -0.39 is 0 Å². The lowest BCUT2D eigenvalue weighted by Crippen LogP contribution is -2.25. The Morgan fingerprint density at radius 3 is 3.00 bits per heavy atom. The molecule has 1 heterocycles. The molecule has 1 unspecified atom stereocenters. The van der Waals surface area contributed by atoms with Crippen LogP contribution in [0.1, 0.15) is 5.56 Å². The Bertz CT molecular complexity index is 364. The first-order chi connectivity index (χ1) is 6.31. The lowest BCUT2D eigenvalue weighted by Gasteiger charge is -2.03. The van der Waals surface area contributed by atoms with Gasteiger partial charge in [-0.05, 0) is 17.6 Å². The number of hydrogen-bond acceptors (Lipinski definition) is 2. The van der Waals surface area contributed by atoms with Gasteiger partial charge in [-0.2, -0.15) is 0 Å². The minimum atomic E-state index is -0.220. The molecule has 2 nitrogen and oxygen atoms in total. The fourth-order valence-corrected chi connectivity index (χ4v) is 1.56.